The van der Waals surface area contributed by atoms with Crippen LogP contribution in [0.25, 0.3) is 43.8 Å². The van der Waals surface area contributed by atoms with Crippen molar-refractivity contribution in [3.63, 3.8) is 0 Å². The summed E-state index contributed by atoms with van der Waals surface area (Å²) in [6, 6.07) is 79.5. The second kappa shape index (κ2) is 17.6. The van der Waals surface area contributed by atoms with E-state index in [-0.39, 0.29) is 0 Å². The van der Waals surface area contributed by atoms with Crippen LogP contribution in [-0.2, 0) is 5.41 Å². The van der Waals surface area contributed by atoms with Gasteiger partial charge in [-0.15, -0.1) is 0 Å². The van der Waals surface area contributed by atoms with E-state index in [2.05, 4.69) is 281 Å². The second-order valence-corrected chi connectivity index (χ2v) is 30.8. The molecule has 2 aliphatic rings. The first-order valence-corrected chi connectivity index (χ1v) is 31.5. The number of fused-ring (bicyclic) bond motifs is 13. The van der Waals surface area contributed by atoms with Crippen LogP contribution in [0.15, 0.2) is 216 Å². The molecule has 0 atom stereocenters. The molecule has 0 fully saturated rings. The minimum absolute atomic E-state index is 0.458. The molecule has 364 valence electrons. The zero-order valence-corrected chi connectivity index (χ0v) is 45.6. The lowest BCUT2D eigenvalue weighted by atomic mass is 9.69. The topological polar surface area (TPSA) is 6.48 Å². The number of benzene rings is 10. The molecule has 2 aliphatic carbocycles. The Bertz CT molecular complexity index is 3700. The van der Waals surface area contributed by atoms with E-state index in [9.17, 15) is 0 Å². The lowest BCUT2D eigenvalue weighted by Gasteiger charge is -2.32. The predicted octanol–water partition coefficient (Wildman–Crippen LogP) is 19.6. The maximum Gasteiger partial charge on any atom is 0.0731 e. The Morgan fingerprint density at radius 3 is 1.21 bits per heavy atom. The number of nitrogens with zero attached hydrogens (tertiary/aromatic N) is 2. The summed E-state index contributed by atoms with van der Waals surface area (Å²) in [6.45, 7) is 9.07. The van der Waals surface area contributed by atoms with Gasteiger partial charge in [0.2, 0.25) is 0 Å². The number of rotatable bonds is 10. The smallest absolute Gasteiger partial charge is 0.0731 e. The van der Waals surface area contributed by atoms with Crippen molar-refractivity contribution in [1.29, 1.82) is 0 Å². The average molecular weight is 987 g/mol. The molecule has 0 aliphatic heterocycles. The monoisotopic (exact) mass is 986 g/mol. The Kier molecular flexibility index (Phi) is 11.3. The van der Waals surface area contributed by atoms with E-state index in [4.69, 9.17) is 0 Å². The molecule has 0 heterocycles. The van der Waals surface area contributed by atoms with Crippen LogP contribution in [0, 0.1) is 0 Å². The highest BCUT2D eigenvalue weighted by molar-refractivity contribution is 8.32. The quantitative estimate of drug-likeness (QED) is 0.135. The van der Waals surface area contributed by atoms with Gasteiger partial charge >= 0.3 is 0 Å². The first kappa shape index (κ1) is 47.1. The summed E-state index contributed by atoms with van der Waals surface area (Å²) in [6.07, 6.45) is 14.2. The lowest BCUT2D eigenvalue weighted by molar-refractivity contribution is 0.802. The van der Waals surface area contributed by atoms with Gasteiger partial charge in [0.15, 0.2) is 0 Å². The molecule has 0 N–H and O–H groups in total. The van der Waals surface area contributed by atoms with Gasteiger partial charge in [-0.2, -0.15) is 0 Å². The van der Waals surface area contributed by atoms with Gasteiger partial charge in [-0.25, -0.2) is 20.1 Å². The molecule has 1 spiro atoms. The average Bonchev–Trinajstić information content (AvgIpc) is 3.85. The molecule has 0 bridgehead atoms. The van der Waals surface area contributed by atoms with Gasteiger partial charge in [0.05, 0.1) is 5.41 Å². The van der Waals surface area contributed by atoms with Crippen molar-refractivity contribution in [2.75, 3.05) is 47.3 Å². The van der Waals surface area contributed by atoms with E-state index in [0.29, 0.717) is 11.8 Å². The van der Waals surface area contributed by atoms with Crippen molar-refractivity contribution in [2.24, 2.45) is 0 Å². The van der Waals surface area contributed by atoms with Gasteiger partial charge in [0, 0.05) is 34.1 Å². The SMILES string of the molecule is CC(C)c1ccc(N(c2ccc(S(C)(C)C)cc2)c2ccc3cc4c(cc3c2)C2(c3ccccc3-c3ccccc32)c2c-4ccc3cc(N(c4ccc(C(C)C)cc4)c4ccc(S(C)(C)C)cc4)ccc23)cc1. The van der Waals surface area contributed by atoms with Crippen molar-refractivity contribution in [2.45, 2.75) is 54.7 Å². The molecule has 10 aromatic carbocycles. The molecule has 4 heteroatoms. The fourth-order valence-corrected chi connectivity index (χ4v) is 13.8. The van der Waals surface area contributed by atoms with E-state index in [1.165, 1.54) is 87.0 Å². The molecule has 0 saturated carbocycles. The van der Waals surface area contributed by atoms with Crippen LogP contribution in [0.2, 0.25) is 0 Å². The summed E-state index contributed by atoms with van der Waals surface area (Å²) in [5, 5.41) is 4.98. The summed E-state index contributed by atoms with van der Waals surface area (Å²) in [5.41, 5.74) is 19.7. The van der Waals surface area contributed by atoms with Gasteiger partial charge in [0.1, 0.15) is 0 Å². The van der Waals surface area contributed by atoms with Crippen LogP contribution >= 0.6 is 20.1 Å². The molecule has 0 amide bonds. The zero-order chi connectivity index (χ0) is 50.6. The van der Waals surface area contributed by atoms with Crippen molar-refractivity contribution < 1.29 is 0 Å². The minimum Gasteiger partial charge on any atom is -0.310 e. The van der Waals surface area contributed by atoms with Crippen molar-refractivity contribution in [1.82, 2.24) is 0 Å². The highest BCUT2D eigenvalue weighted by Gasteiger charge is 2.52. The van der Waals surface area contributed by atoms with E-state index < -0.39 is 25.5 Å². The highest BCUT2D eigenvalue weighted by atomic mass is 32.3. The second-order valence-electron chi connectivity index (χ2n) is 22.5. The standard InChI is InChI=1S/C69H66N2S2/c1-45(2)47-19-25-52(26-20-47)70(54-30-35-58(36-31-54)72(5,6)7)56-29-23-49-43-64-63-39-24-50-41-57(71(53-27-21-48(22-28-53)46(3)4)55-32-37-59(38-33-55)73(8,9)10)34-40-60(50)68(63)69(67(64)44-51(49)42-56)65-17-13-11-15-61(65)62-16-12-14-18-66(62)69/h11-46H,1-10H3. The Morgan fingerprint density at radius 1 is 0.329 bits per heavy atom. The molecule has 73 heavy (non-hydrogen) atoms. The van der Waals surface area contributed by atoms with Gasteiger partial charge in [0.25, 0.3) is 0 Å². The molecule has 12 rings (SSSR count). The first-order valence-electron chi connectivity index (χ1n) is 25.8. The summed E-state index contributed by atoms with van der Waals surface area (Å²) in [7, 11) is -1.75. The fraction of sp³-hybridized carbons (Fsp3) is 0.188. The van der Waals surface area contributed by atoms with Crippen molar-refractivity contribution >= 4 is 75.7 Å². The Balaban J connectivity index is 1.06. The third kappa shape index (κ3) is 7.79. The number of anilines is 6. The largest absolute Gasteiger partial charge is 0.310 e. The van der Waals surface area contributed by atoms with E-state index in [1.807, 2.05) is 0 Å². The molecule has 2 nitrogen and oxygen atoms in total. The molecule has 0 saturated heterocycles. The summed E-state index contributed by atoms with van der Waals surface area (Å²) < 4.78 is 0. The summed E-state index contributed by atoms with van der Waals surface area (Å²) in [4.78, 5) is 7.70. The zero-order valence-electron chi connectivity index (χ0n) is 44.0. The maximum atomic E-state index is 2.55. The first-order chi connectivity index (χ1) is 35.1. The maximum absolute atomic E-state index is 2.55. The van der Waals surface area contributed by atoms with Crippen LogP contribution in [0.5, 0.6) is 0 Å². The van der Waals surface area contributed by atoms with Gasteiger partial charge in [-0.1, -0.05) is 125 Å². The number of hydrogen-bond donors (Lipinski definition) is 0. The Morgan fingerprint density at radius 2 is 0.740 bits per heavy atom. The van der Waals surface area contributed by atoms with E-state index >= 15 is 0 Å². The third-order valence-electron chi connectivity index (χ3n) is 15.7. The van der Waals surface area contributed by atoms with Crippen LogP contribution in [0.1, 0.15) is 72.9 Å². The molecule has 0 radical (unpaired) electrons. The van der Waals surface area contributed by atoms with Crippen LogP contribution < -0.4 is 9.80 Å². The van der Waals surface area contributed by atoms with Crippen LogP contribution in [-0.4, -0.2) is 37.5 Å². The molecule has 0 aromatic heterocycles. The Labute approximate surface area is 437 Å². The normalized spacial score (nSPS) is 13.9. The van der Waals surface area contributed by atoms with Crippen molar-refractivity contribution in [3.05, 3.63) is 240 Å². The molecule has 0 unspecified atom stereocenters. The van der Waals surface area contributed by atoms with E-state index in [0.717, 1.165) is 34.1 Å². The minimum atomic E-state index is -0.873. The van der Waals surface area contributed by atoms with Crippen molar-refractivity contribution in [3.8, 4) is 22.3 Å². The molecular weight excluding hydrogens is 921 g/mol. The predicted molar refractivity (Wildman–Crippen MR) is 323 cm³/mol. The van der Waals surface area contributed by atoms with Gasteiger partial charge < -0.3 is 9.80 Å². The Hall–Kier alpha value is -6.98. The number of hydrogen-bond acceptors (Lipinski definition) is 2. The summed E-state index contributed by atoms with van der Waals surface area (Å²) >= 11 is 0. The third-order valence-corrected chi connectivity index (χ3v) is 19.1. The van der Waals surface area contributed by atoms with Gasteiger partial charge in [-0.05, 0) is 246 Å². The molecular formula is C69H66N2S2. The van der Waals surface area contributed by atoms with Gasteiger partial charge in [-0.3, -0.25) is 0 Å². The molecule has 10 aromatic rings. The summed E-state index contributed by atoms with van der Waals surface area (Å²) in [5.74, 6) is 0.917. The van der Waals surface area contributed by atoms with Crippen LogP contribution in [0.4, 0.5) is 34.1 Å². The highest BCUT2D eigenvalue weighted by Crippen LogP contribution is 2.65. The van der Waals surface area contributed by atoms with Crippen LogP contribution in [0.3, 0.4) is 0 Å². The van der Waals surface area contributed by atoms with E-state index in [1.54, 1.807) is 0 Å². The fourth-order valence-electron chi connectivity index (χ4n) is 11.9. The lowest BCUT2D eigenvalue weighted by Crippen LogP contribution is -2.26.